The maximum Gasteiger partial charge on any atom is 0.251 e. The van der Waals surface area contributed by atoms with Crippen molar-refractivity contribution in [3.05, 3.63) is 78.0 Å². The van der Waals surface area contributed by atoms with Crippen LogP contribution in [0.1, 0.15) is 42.2 Å². The topological polar surface area (TPSA) is 77.6 Å². The number of likely N-dealkylation sites (N-methyl/N-ethyl adjacent to an activating group) is 1. The van der Waals surface area contributed by atoms with Gasteiger partial charge in [0.05, 0.1) is 6.04 Å². The molecule has 3 aromatic rings. The molecule has 0 radical (unpaired) electrons. The van der Waals surface area contributed by atoms with Gasteiger partial charge in [-0.3, -0.25) is 9.59 Å². The van der Waals surface area contributed by atoms with Gasteiger partial charge in [0.25, 0.3) is 5.91 Å². The molecule has 0 saturated carbocycles. The van der Waals surface area contributed by atoms with Crippen LogP contribution in [0.5, 0.6) is 0 Å². The Bertz CT molecular complexity index is 1180. The molecule has 2 N–H and O–H groups in total. The summed E-state index contributed by atoms with van der Waals surface area (Å²) in [5, 5.41) is 6.50. The third kappa shape index (κ3) is 5.69. The minimum atomic E-state index is -0.0745. The summed E-state index contributed by atoms with van der Waals surface area (Å²) < 4.78 is 0. The molecule has 182 valence electrons. The van der Waals surface area contributed by atoms with Crippen molar-refractivity contribution in [2.75, 3.05) is 37.4 Å². The second-order valence-electron chi connectivity index (χ2n) is 9.30. The van der Waals surface area contributed by atoms with Crippen LogP contribution in [0.4, 0.5) is 11.5 Å². The van der Waals surface area contributed by atoms with E-state index in [-0.39, 0.29) is 23.9 Å². The summed E-state index contributed by atoms with van der Waals surface area (Å²) in [7, 11) is 3.96. The van der Waals surface area contributed by atoms with Gasteiger partial charge in [0.15, 0.2) is 0 Å². The number of amides is 2. The Balaban J connectivity index is 1.61. The number of nitrogens with one attached hydrogen (secondary N) is 2. The van der Waals surface area contributed by atoms with Crippen LogP contribution in [0, 0.1) is 0 Å². The SMILES string of the molecule is CC(=O)N1c2ccc(-c3ccc(C(=O)NCCN(C)C)cc3)cc2[C@H](Nc2ccccn2)C[C@@H]1C. The molecular formula is C28H33N5O2. The van der Waals surface area contributed by atoms with Crippen molar-refractivity contribution in [1.82, 2.24) is 15.2 Å². The van der Waals surface area contributed by atoms with Gasteiger partial charge in [-0.05, 0) is 80.5 Å². The second kappa shape index (κ2) is 10.7. The lowest BCUT2D eigenvalue weighted by Gasteiger charge is -2.39. The first kappa shape index (κ1) is 24.4. The standard InChI is InChI=1S/C28H33N5O2/c1-19-17-25(31-27-7-5-6-14-29-27)24-18-23(12-13-26(24)33(19)20(2)34)21-8-10-22(11-9-21)28(35)30-15-16-32(3)4/h5-14,18-19,25H,15-17H2,1-4H3,(H,29,31)(H,30,35)/t19-,25+/m0/s1. The molecule has 2 amide bonds. The molecule has 0 saturated heterocycles. The summed E-state index contributed by atoms with van der Waals surface area (Å²) in [6, 6.07) is 19.7. The van der Waals surface area contributed by atoms with E-state index >= 15 is 0 Å². The number of fused-ring (bicyclic) bond motifs is 1. The first-order valence-electron chi connectivity index (χ1n) is 12.0. The molecule has 35 heavy (non-hydrogen) atoms. The van der Waals surface area contributed by atoms with Crippen molar-refractivity contribution in [3.8, 4) is 11.1 Å². The molecular weight excluding hydrogens is 438 g/mol. The smallest absolute Gasteiger partial charge is 0.251 e. The molecule has 0 spiro atoms. The van der Waals surface area contributed by atoms with Crippen LogP contribution in [0.15, 0.2) is 66.9 Å². The summed E-state index contributed by atoms with van der Waals surface area (Å²) in [5.74, 6) is 0.768. The van der Waals surface area contributed by atoms with Crippen LogP contribution in [-0.2, 0) is 4.79 Å². The van der Waals surface area contributed by atoms with E-state index in [4.69, 9.17) is 0 Å². The minimum absolute atomic E-state index is 0.0206. The number of aromatic nitrogens is 1. The van der Waals surface area contributed by atoms with Crippen molar-refractivity contribution in [3.63, 3.8) is 0 Å². The summed E-state index contributed by atoms with van der Waals surface area (Å²) in [6.07, 6.45) is 2.55. The monoisotopic (exact) mass is 471 g/mol. The molecule has 7 nitrogen and oxygen atoms in total. The number of nitrogens with zero attached hydrogens (tertiary/aromatic N) is 3. The Hall–Kier alpha value is -3.71. The number of carbonyl (C=O) groups is 2. The molecule has 1 aliphatic rings. The largest absolute Gasteiger partial charge is 0.363 e. The number of anilines is 2. The van der Waals surface area contributed by atoms with Crippen LogP contribution >= 0.6 is 0 Å². The predicted molar refractivity (Wildman–Crippen MR) is 141 cm³/mol. The lowest BCUT2D eigenvalue weighted by atomic mass is 9.89. The average molecular weight is 472 g/mol. The minimum Gasteiger partial charge on any atom is -0.363 e. The van der Waals surface area contributed by atoms with Gasteiger partial charge in [-0.25, -0.2) is 4.98 Å². The van der Waals surface area contributed by atoms with Crippen LogP contribution in [0.25, 0.3) is 11.1 Å². The fraction of sp³-hybridized carbons (Fsp3) is 0.321. The second-order valence-corrected chi connectivity index (χ2v) is 9.30. The van der Waals surface area contributed by atoms with Crippen LogP contribution < -0.4 is 15.5 Å². The number of hydrogen-bond donors (Lipinski definition) is 2. The number of pyridine rings is 1. The van der Waals surface area contributed by atoms with E-state index in [2.05, 4.69) is 28.6 Å². The van der Waals surface area contributed by atoms with Gasteiger partial charge >= 0.3 is 0 Å². The van der Waals surface area contributed by atoms with Crippen LogP contribution in [0.3, 0.4) is 0 Å². The summed E-state index contributed by atoms with van der Waals surface area (Å²) >= 11 is 0. The fourth-order valence-corrected chi connectivity index (χ4v) is 4.60. The van der Waals surface area contributed by atoms with Gasteiger partial charge in [-0.2, -0.15) is 0 Å². The van der Waals surface area contributed by atoms with Crippen LogP contribution in [-0.4, -0.2) is 54.9 Å². The number of benzene rings is 2. The van der Waals surface area contributed by atoms with Crippen molar-refractivity contribution >= 4 is 23.3 Å². The van der Waals surface area contributed by atoms with Gasteiger partial charge in [-0.15, -0.1) is 0 Å². The fourth-order valence-electron chi connectivity index (χ4n) is 4.60. The lowest BCUT2D eigenvalue weighted by molar-refractivity contribution is -0.117. The van der Waals surface area contributed by atoms with E-state index in [0.717, 1.165) is 41.2 Å². The van der Waals surface area contributed by atoms with Gasteiger partial charge in [0.2, 0.25) is 5.91 Å². The van der Waals surface area contributed by atoms with E-state index in [1.54, 1.807) is 13.1 Å². The molecule has 2 atom stereocenters. The Morgan fingerprint density at radius 3 is 2.46 bits per heavy atom. The molecule has 0 unspecified atom stereocenters. The Labute approximate surface area is 207 Å². The zero-order valence-electron chi connectivity index (χ0n) is 20.8. The molecule has 0 aliphatic carbocycles. The Morgan fingerprint density at radius 2 is 1.80 bits per heavy atom. The molecule has 1 aliphatic heterocycles. The van der Waals surface area contributed by atoms with E-state index in [1.165, 1.54) is 0 Å². The molecule has 1 aromatic heterocycles. The van der Waals surface area contributed by atoms with Gasteiger partial charge in [0, 0.05) is 43.5 Å². The van der Waals surface area contributed by atoms with Crippen molar-refractivity contribution < 1.29 is 9.59 Å². The van der Waals surface area contributed by atoms with E-state index < -0.39 is 0 Å². The summed E-state index contributed by atoms with van der Waals surface area (Å²) in [5.41, 5.74) is 4.67. The number of rotatable bonds is 7. The lowest BCUT2D eigenvalue weighted by Crippen LogP contribution is -2.43. The van der Waals surface area contributed by atoms with Crippen molar-refractivity contribution in [2.45, 2.75) is 32.4 Å². The molecule has 4 rings (SSSR count). The molecule has 0 fully saturated rings. The van der Waals surface area contributed by atoms with Crippen molar-refractivity contribution in [1.29, 1.82) is 0 Å². The highest BCUT2D eigenvalue weighted by molar-refractivity contribution is 5.95. The zero-order chi connectivity index (χ0) is 24.9. The van der Waals surface area contributed by atoms with Gasteiger partial charge in [-0.1, -0.05) is 24.3 Å². The maximum absolute atomic E-state index is 12.5. The summed E-state index contributed by atoms with van der Waals surface area (Å²) in [4.78, 5) is 33.2. The highest BCUT2D eigenvalue weighted by atomic mass is 16.2. The van der Waals surface area contributed by atoms with Gasteiger partial charge < -0.3 is 20.4 Å². The highest BCUT2D eigenvalue weighted by Gasteiger charge is 2.32. The first-order valence-corrected chi connectivity index (χ1v) is 12.0. The van der Waals surface area contributed by atoms with E-state index in [0.29, 0.717) is 12.1 Å². The third-order valence-corrected chi connectivity index (χ3v) is 6.33. The third-order valence-electron chi connectivity index (χ3n) is 6.33. The van der Waals surface area contributed by atoms with Crippen LogP contribution in [0.2, 0.25) is 0 Å². The summed E-state index contributed by atoms with van der Waals surface area (Å²) in [6.45, 7) is 5.09. The van der Waals surface area contributed by atoms with E-state index in [9.17, 15) is 9.59 Å². The normalized spacial score (nSPS) is 17.1. The molecule has 2 heterocycles. The highest BCUT2D eigenvalue weighted by Crippen LogP contribution is 2.41. The Morgan fingerprint density at radius 1 is 1.06 bits per heavy atom. The molecule has 2 aromatic carbocycles. The van der Waals surface area contributed by atoms with Crippen molar-refractivity contribution in [2.24, 2.45) is 0 Å². The van der Waals surface area contributed by atoms with Gasteiger partial charge in [0.1, 0.15) is 5.82 Å². The quantitative estimate of drug-likeness (QED) is 0.536. The zero-order valence-corrected chi connectivity index (χ0v) is 20.8. The average Bonchev–Trinajstić information content (AvgIpc) is 2.84. The Kier molecular flexibility index (Phi) is 7.46. The number of carbonyl (C=O) groups excluding carboxylic acids is 2. The first-order chi connectivity index (χ1) is 16.8. The number of hydrogen-bond acceptors (Lipinski definition) is 5. The predicted octanol–water partition coefficient (Wildman–Crippen LogP) is 4.34. The van der Waals surface area contributed by atoms with E-state index in [1.807, 2.05) is 78.5 Å². The molecule has 7 heteroatoms. The maximum atomic E-state index is 12.5. The molecule has 0 bridgehead atoms.